The molecule has 4 nitrogen and oxygen atoms in total. The minimum atomic E-state index is -0.559. The minimum absolute atomic E-state index is 0.159. The minimum Gasteiger partial charge on any atom is -0.491 e. The van der Waals surface area contributed by atoms with Crippen LogP contribution in [0.25, 0.3) is 0 Å². The molecule has 0 heterocycles. The first-order valence-electron chi connectivity index (χ1n) is 8.93. The maximum atomic E-state index is 12.3. The van der Waals surface area contributed by atoms with E-state index in [0.717, 1.165) is 11.3 Å². The fourth-order valence-corrected chi connectivity index (χ4v) is 2.75. The van der Waals surface area contributed by atoms with E-state index in [9.17, 15) is 4.79 Å². The zero-order valence-electron chi connectivity index (χ0n) is 15.5. The lowest BCUT2D eigenvalue weighted by Gasteiger charge is -2.18. The summed E-state index contributed by atoms with van der Waals surface area (Å²) in [7, 11) is 0. The SMILES string of the molecule is CCC(Oc1cccc(Cl)c1)C(=O)NCCOc1ccccc1C(C)C. The Hall–Kier alpha value is -2.20. The average molecular weight is 376 g/mol. The van der Waals surface area contributed by atoms with Crippen LogP contribution in [0.2, 0.25) is 5.02 Å². The summed E-state index contributed by atoms with van der Waals surface area (Å²) in [6, 6.07) is 15.0. The van der Waals surface area contributed by atoms with Crippen LogP contribution in [-0.2, 0) is 4.79 Å². The number of ether oxygens (including phenoxy) is 2. The zero-order chi connectivity index (χ0) is 18.9. The van der Waals surface area contributed by atoms with Gasteiger partial charge in [0.25, 0.3) is 5.91 Å². The Labute approximate surface area is 160 Å². The predicted molar refractivity (Wildman–Crippen MR) is 105 cm³/mol. The summed E-state index contributed by atoms with van der Waals surface area (Å²) in [5, 5.41) is 3.44. The Morgan fingerprint density at radius 2 is 1.92 bits per heavy atom. The van der Waals surface area contributed by atoms with Gasteiger partial charge in [-0.15, -0.1) is 0 Å². The second-order valence-corrected chi connectivity index (χ2v) is 6.74. The topological polar surface area (TPSA) is 47.6 Å². The van der Waals surface area contributed by atoms with Crippen molar-refractivity contribution in [2.45, 2.75) is 39.2 Å². The van der Waals surface area contributed by atoms with Gasteiger partial charge in [-0.05, 0) is 42.2 Å². The first-order chi connectivity index (χ1) is 12.5. The molecule has 26 heavy (non-hydrogen) atoms. The summed E-state index contributed by atoms with van der Waals surface area (Å²) in [5.41, 5.74) is 1.16. The summed E-state index contributed by atoms with van der Waals surface area (Å²) in [6.45, 7) is 6.99. The van der Waals surface area contributed by atoms with E-state index in [-0.39, 0.29) is 5.91 Å². The summed E-state index contributed by atoms with van der Waals surface area (Å²) in [4.78, 5) is 12.3. The standard InChI is InChI=1S/C21H26ClNO3/c1-4-19(26-17-9-7-8-16(22)14-17)21(24)23-12-13-25-20-11-6-5-10-18(20)15(2)3/h5-11,14-15,19H,4,12-13H2,1-3H3,(H,23,24). The molecule has 1 amide bonds. The van der Waals surface area contributed by atoms with Gasteiger partial charge in [-0.2, -0.15) is 0 Å². The van der Waals surface area contributed by atoms with Crippen LogP contribution < -0.4 is 14.8 Å². The normalized spacial score (nSPS) is 11.9. The van der Waals surface area contributed by atoms with E-state index in [4.69, 9.17) is 21.1 Å². The smallest absolute Gasteiger partial charge is 0.261 e. The molecule has 2 aromatic rings. The van der Waals surface area contributed by atoms with Gasteiger partial charge >= 0.3 is 0 Å². The Balaban J connectivity index is 1.82. The van der Waals surface area contributed by atoms with Crippen LogP contribution in [0.1, 0.15) is 38.7 Å². The van der Waals surface area contributed by atoms with E-state index in [1.165, 1.54) is 0 Å². The highest BCUT2D eigenvalue weighted by Gasteiger charge is 2.18. The molecule has 1 atom stereocenters. The van der Waals surface area contributed by atoms with Gasteiger partial charge in [0.2, 0.25) is 0 Å². The van der Waals surface area contributed by atoms with E-state index in [2.05, 4.69) is 25.2 Å². The first-order valence-corrected chi connectivity index (χ1v) is 9.30. The summed E-state index contributed by atoms with van der Waals surface area (Å²) in [5.74, 6) is 1.67. The number of hydrogen-bond acceptors (Lipinski definition) is 3. The molecule has 2 rings (SSSR count). The highest BCUT2D eigenvalue weighted by atomic mass is 35.5. The summed E-state index contributed by atoms with van der Waals surface area (Å²) in [6.07, 6.45) is 0.00599. The molecule has 5 heteroatoms. The molecule has 0 bridgehead atoms. The molecule has 0 aliphatic rings. The molecule has 0 saturated carbocycles. The maximum Gasteiger partial charge on any atom is 0.261 e. The van der Waals surface area contributed by atoms with Crippen LogP contribution in [0.5, 0.6) is 11.5 Å². The summed E-state index contributed by atoms with van der Waals surface area (Å²) >= 11 is 5.95. The molecule has 0 aliphatic carbocycles. The zero-order valence-corrected chi connectivity index (χ0v) is 16.3. The van der Waals surface area contributed by atoms with Crippen molar-refractivity contribution < 1.29 is 14.3 Å². The molecule has 2 aromatic carbocycles. The van der Waals surface area contributed by atoms with Crippen molar-refractivity contribution >= 4 is 17.5 Å². The number of rotatable bonds is 9. The van der Waals surface area contributed by atoms with E-state index in [1.54, 1.807) is 24.3 Å². The maximum absolute atomic E-state index is 12.3. The molecule has 0 aliphatic heterocycles. The molecule has 1 unspecified atom stereocenters. The average Bonchev–Trinajstić information content (AvgIpc) is 2.63. The number of carbonyl (C=O) groups excluding carboxylic acids is 1. The van der Waals surface area contributed by atoms with Crippen molar-refractivity contribution in [1.82, 2.24) is 5.32 Å². The van der Waals surface area contributed by atoms with E-state index in [0.29, 0.717) is 36.3 Å². The first kappa shape index (κ1) is 20.1. The third-order valence-corrected chi connectivity index (χ3v) is 4.17. The van der Waals surface area contributed by atoms with Crippen LogP contribution in [0.15, 0.2) is 48.5 Å². The third-order valence-electron chi connectivity index (χ3n) is 3.94. The van der Waals surface area contributed by atoms with Crippen molar-refractivity contribution in [3.63, 3.8) is 0 Å². The number of benzene rings is 2. The lowest BCUT2D eigenvalue weighted by atomic mass is 10.0. The van der Waals surface area contributed by atoms with Crippen LogP contribution in [0.3, 0.4) is 0 Å². The number of nitrogens with one attached hydrogen (secondary N) is 1. The fraction of sp³-hybridized carbons (Fsp3) is 0.381. The van der Waals surface area contributed by atoms with Gasteiger partial charge in [0.15, 0.2) is 6.10 Å². The lowest BCUT2D eigenvalue weighted by molar-refractivity contribution is -0.128. The monoisotopic (exact) mass is 375 g/mol. The molecular formula is C21H26ClNO3. The Bertz CT molecular complexity index is 718. The molecular weight excluding hydrogens is 350 g/mol. The molecule has 0 fully saturated rings. The van der Waals surface area contributed by atoms with Gasteiger partial charge in [-0.1, -0.05) is 56.6 Å². The number of para-hydroxylation sites is 1. The van der Waals surface area contributed by atoms with Gasteiger partial charge in [0.1, 0.15) is 18.1 Å². The molecule has 0 radical (unpaired) electrons. The number of amides is 1. The largest absolute Gasteiger partial charge is 0.491 e. The number of carbonyl (C=O) groups is 1. The van der Waals surface area contributed by atoms with E-state index in [1.807, 2.05) is 25.1 Å². The van der Waals surface area contributed by atoms with Gasteiger partial charge < -0.3 is 14.8 Å². The van der Waals surface area contributed by atoms with Crippen molar-refractivity contribution in [3.05, 3.63) is 59.1 Å². The highest BCUT2D eigenvalue weighted by molar-refractivity contribution is 6.30. The number of hydrogen-bond donors (Lipinski definition) is 1. The molecule has 0 aromatic heterocycles. The van der Waals surface area contributed by atoms with Crippen molar-refractivity contribution in [1.29, 1.82) is 0 Å². The molecule has 140 valence electrons. The van der Waals surface area contributed by atoms with Crippen LogP contribution in [0.4, 0.5) is 0 Å². The van der Waals surface area contributed by atoms with Gasteiger partial charge in [-0.3, -0.25) is 4.79 Å². The quantitative estimate of drug-likeness (QED) is 0.639. The Kier molecular flexibility index (Phi) is 7.79. The highest BCUT2D eigenvalue weighted by Crippen LogP contribution is 2.25. The van der Waals surface area contributed by atoms with Crippen molar-refractivity contribution in [2.24, 2.45) is 0 Å². The molecule has 0 saturated heterocycles. The van der Waals surface area contributed by atoms with Gasteiger partial charge in [0.05, 0.1) is 6.54 Å². The second-order valence-electron chi connectivity index (χ2n) is 6.30. The van der Waals surface area contributed by atoms with Crippen molar-refractivity contribution in [3.8, 4) is 11.5 Å². The Morgan fingerprint density at radius 3 is 2.62 bits per heavy atom. The third kappa shape index (κ3) is 5.95. The van der Waals surface area contributed by atoms with Crippen LogP contribution in [0, 0.1) is 0 Å². The molecule has 0 spiro atoms. The van der Waals surface area contributed by atoms with E-state index < -0.39 is 6.10 Å². The van der Waals surface area contributed by atoms with Crippen LogP contribution in [-0.4, -0.2) is 25.2 Å². The fourth-order valence-electron chi connectivity index (χ4n) is 2.56. The van der Waals surface area contributed by atoms with E-state index >= 15 is 0 Å². The molecule has 1 N–H and O–H groups in total. The Morgan fingerprint density at radius 1 is 1.15 bits per heavy atom. The lowest BCUT2D eigenvalue weighted by Crippen LogP contribution is -2.39. The summed E-state index contributed by atoms with van der Waals surface area (Å²) < 4.78 is 11.6. The van der Waals surface area contributed by atoms with Gasteiger partial charge in [0, 0.05) is 5.02 Å². The number of halogens is 1. The second kappa shape index (κ2) is 10.1. The van der Waals surface area contributed by atoms with Crippen molar-refractivity contribution in [2.75, 3.05) is 13.2 Å². The van der Waals surface area contributed by atoms with Crippen LogP contribution >= 0.6 is 11.6 Å². The predicted octanol–water partition coefficient (Wildman–Crippen LogP) is 4.82. The van der Waals surface area contributed by atoms with Gasteiger partial charge in [-0.25, -0.2) is 0 Å².